The SMILES string of the molecule is COC(=O)N(COC(=O)c1cccc([N+](=O)[O-])c1)C(=O)OC(C)(C)C. The zero-order valence-electron chi connectivity index (χ0n) is 14.2. The molecular formula is C15H18N2O8. The molecule has 1 aromatic carbocycles. The van der Waals surface area contributed by atoms with Crippen molar-refractivity contribution in [2.24, 2.45) is 0 Å². The summed E-state index contributed by atoms with van der Waals surface area (Å²) in [7, 11) is 1.04. The maximum absolute atomic E-state index is 12.0. The van der Waals surface area contributed by atoms with Crippen LogP contribution in [0.2, 0.25) is 0 Å². The predicted octanol–water partition coefficient (Wildman–Crippen LogP) is 2.71. The van der Waals surface area contributed by atoms with E-state index in [-0.39, 0.29) is 11.3 Å². The molecule has 0 aromatic heterocycles. The van der Waals surface area contributed by atoms with Crippen LogP contribution < -0.4 is 0 Å². The highest BCUT2D eigenvalue weighted by molar-refractivity contribution is 5.91. The number of rotatable bonds is 4. The van der Waals surface area contributed by atoms with Gasteiger partial charge in [-0.05, 0) is 26.8 Å². The van der Waals surface area contributed by atoms with Crippen LogP contribution in [0.4, 0.5) is 15.3 Å². The molecule has 0 bridgehead atoms. The van der Waals surface area contributed by atoms with Crippen molar-refractivity contribution in [3.8, 4) is 0 Å². The van der Waals surface area contributed by atoms with E-state index < -0.39 is 35.4 Å². The number of methoxy groups -OCH3 is 1. The normalized spacial score (nSPS) is 10.6. The highest BCUT2D eigenvalue weighted by Gasteiger charge is 2.29. The Labute approximate surface area is 143 Å². The molecule has 0 heterocycles. The molecule has 0 N–H and O–H groups in total. The Hall–Kier alpha value is -3.17. The molecule has 25 heavy (non-hydrogen) atoms. The van der Waals surface area contributed by atoms with E-state index in [1.807, 2.05) is 0 Å². The molecule has 1 rings (SSSR count). The molecule has 0 aliphatic heterocycles. The van der Waals surface area contributed by atoms with E-state index in [1.165, 1.54) is 18.2 Å². The number of carbonyl (C=O) groups excluding carboxylic acids is 3. The molecule has 0 unspecified atom stereocenters. The average molecular weight is 354 g/mol. The largest absolute Gasteiger partial charge is 0.452 e. The second-order valence-corrected chi connectivity index (χ2v) is 5.75. The molecule has 0 spiro atoms. The van der Waals surface area contributed by atoms with E-state index in [0.29, 0.717) is 4.90 Å². The number of carbonyl (C=O) groups is 3. The van der Waals surface area contributed by atoms with Crippen molar-refractivity contribution in [3.63, 3.8) is 0 Å². The van der Waals surface area contributed by atoms with Crippen molar-refractivity contribution in [1.82, 2.24) is 4.90 Å². The molecule has 0 fully saturated rings. The first kappa shape index (κ1) is 19.9. The van der Waals surface area contributed by atoms with Gasteiger partial charge in [0.15, 0.2) is 6.73 Å². The first-order valence-electron chi connectivity index (χ1n) is 7.05. The van der Waals surface area contributed by atoms with Gasteiger partial charge in [0.1, 0.15) is 5.60 Å². The fourth-order valence-corrected chi connectivity index (χ4v) is 1.56. The van der Waals surface area contributed by atoms with Crippen LogP contribution in [0.15, 0.2) is 24.3 Å². The van der Waals surface area contributed by atoms with Gasteiger partial charge in [-0.3, -0.25) is 10.1 Å². The molecular weight excluding hydrogens is 336 g/mol. The van der Waals surface area contributed by atoms with Crippen molar-refractivity contribution in [2.45, 2.75) is 26.4 Å². The molecule has 2 amide bonds. The minimum Gasteiger partial charge on any atom is -0.452 e. The standard InChI is InChI=1S/C15H18N2O8/c1-15(2,3)25-14(20)16(13(19)23-4)9-24-12(18)10-6-5-7-11(8-10)17(21)22/h5-8H,9H2,1-4H3. The number of amides is 2. The van der Waals surface area contributed by atoms with Crippen LogP contribution in [0.5, 0.6) is 0 Å². The Kier molecular flexibility index (Phi) is 6.43. The summed E-state index contributed by atoms with van der Waals surface area (Å²) in [4.78, 5) is 46.1. The van der Waals surface area contributed by atoms with Crippen LogP contribution >= 0.6 is 0 Å². The number of hydrogen-bond acceptors (Lipinski definition) is 8. The van der Waals surface area contributed by atoms with Gasteiger partial charge in [0.2, 0.25) is 0 Å². The van der Waals surface area contributed by atoms with Gasteiger partial charge in [-0.15, -0.1) is 0 Å². The van der Waals surface area contributed by atoms with E-state index >= 15 is 0 Å². The van der Waals surface area contributed by atoms with Crippen molar-refractivity contribution in [1.29, 1.82) is 0 Å². The van der Waals surface area contributed by atoms with E-state index in [1.54, 1.807) is 20.8 Å². The Morgan fingerprint density at radius 2 is 1.84 bits per heavy atom. The second-order valence-electron chi connectivity index (χ2n) is 5.75. The summed E-state index contributed by atoms with van der Waals surface area (Å²) >= 11 is 0. The zero-order valence-corrected chi connectivity index (χ0v) is 14.2. The first-order valence-corrected chi connectivity index (χ1v) is 7.05. The number of ether oxygens (including phenoxy) is 3. The number of non-ortho nitro benzene ring substituents is 1. The molecule has 1 aromatic rings. The molecule has 136 valence electrons. The lowest BCUT2D eigenvalue weighted by atomic mass is 10.2. The fraction of sp³-hybridized carbons (Fsp3) is 0.400. The zero-order chi connectivity index (χ0) is 19.2. The van der Waals surface area contributed by atoms with E-state index in [4.69, 9.17) is 9.47 Å². The van der Waals surface area contributed by atoms with E-state index in [2.05, 4.69) is 4.74 Å². The van der Waals surface area contributed by atoms with Crippen LogP contribution in [0, 0.1) is 10.1 Å². The Morgan fingerprint density at radius 3 is 2.36 bits per heavy atom. The Bertz CT molecular complexity index is 680. The third kappa shape index (κ3) is 6.09. The van der Waals surface area contributed by atoms with E-state index in [9.17, 15) is 24.5 Å². The molecule has 0 saturated heterocycles. The van der Waals surface area contributed by atoms with Gasteiger partial charge in [0.25, 0.3) is 5.69 Å². The minimum absolute atomic E-state index is 0.108. The first-order chi connectivity index (χ1) is 11.5. The molecule has 0 saturated carbocycles. The van der Waals surface area contributed by atoms with Gasteiger partial charge < -0.3 is 14.2 Å². The average Bonchev–Trinajstić information content (AvgIpc) is 2.52. The van der Waals surface area contributed by atoms with Crippen LogP contribution in [0.25, 0.3) is 0 Å². The maximum atomic E-state index is 12.0. The number of hydrogen-bond donors (Lipinski definition) is 0. The van der Waals surface area contributed by atoms with Crippen LogP contribution in [0.1, 0.15) is 31.1 Å². The van der Waals surface area contributed by atoms with Crippen LogP contribution in [0.3, 0.4) is 0 Å². The minimum atomic E-state index is -1.08. The van der Waals surface area contributed by atoms with Gasteiger partial charge >= 0.3 is 18.2 Å². The number of nitro benzene ring substituents is 1. The summed E-state index contributed by atoms with van der Waals surface area (Å²) in [5.74, 6) is -0.957. The van der Waals surface area contributed by atoms with Crippen molar-refractivity contribution >= 4 is 23.8 Å². The quantitative estimate of drug-likeness (QED) is 0.266. The Balaban J connectivity index is 2.84. The van der Waals surface area contributed by atoms with Gasteiger partial charge in [0.05, 0.1) is 17.6 Å². The fourth-order valence-electron chi connectivity index (χ4n) is 1.56. The molecule has 10 nitrogen and oxygen atoms in total. The molecule has 10 heteroatoms. The number of imide groups is 1. The summed E-state index contributed by atoms with van der Waals surface area (Å²) in [6.45, 7) is 4.00. The van der Waals surface area contributed by atoms with Crippen molar-refractivity contribution in [2.75, 3.05) is 13.8 Å². The number of esters is 1. The van der Waals surface area contributed by atoms with Gasteiger partial charge in [0, 0.05) is 12.1 Å². The summed E-state index contributed by atoms with van der Waals surface area (Å²) in [6, 6.07) is 4.82. The molecule has 0 aliphatic rings. The van der Waals surface area contributed by atoms with Crippen LogP contribution in [-0.2, 0) is 14.2 Å². The van der Waals surface area contributed by atoms with Crippen molar-refractivity contribution < 1.29 is 33.5 Å². The monoisotopic (exact) mass is 354 g/mol. The highest BCUT2D eigenvalue weighted by Crippen LogP contribution is 2.15. The third-order valence-electron chi connectivity index (χ3n) is 2.63. The predicted molar refractivity (Wildman–Crippen MR) is 83.9 cm³/mol. The summed E-state index contributed by atoms with van der Waals surface area (Å²) in [5.41, 5.74) is -1.29. The molecule has 0 radical (unpaired) electrons. The lowest BCUT2D eigenvalue weighted by Gasteiger charge is -2.24. The highest BCUT2D eigenvalue weighted by atomic mass is 16.6. The third-order valence-corrected chi connectivity index (χ3v) is 2.63. The van der Waals surface area contributed by atoms with Gasteiger partial charge in [-0.1, -0.05) is 6.07 Å². The number of nitro groups is 1. The maximum Gasteiger partial charge on any atom is 0.422 e. The molecule has 0 atom stereocenters. The van der Waals surface area contributed by atoms with E-state index in [0.717, 1.165) is 13.2 Å². The van der Waals surface area contributed by atoms with Crippen LogP contribution in [-0.4, -0.2) is 47.4 Å². The summed E-state index contributed by atoms with van der Waals surface area (Å²) in [6.07, 6.45) is -2.15. The molecule has 0 aliphatic carbocycles. The lowest BCUT2D eigenvalue weighted by Crippen LogP contribution is -2.42. The lowest BCUT2D eigenvalue weighted by molar-refractivity contribution is -0.384. The Morgan fingerprint density at radius 1 is 1.20 bits per heavy atom. The number of nitrogens with zero attached hydrogens (tertiary/aromatic N) is 2. The smallest absolute Gasteiger partial charge is 0.422 e. The summed E-state index contributed by atoms with van der Waals surface area (Å²) in [5, 5.41) is 10.7. The number of benzene rings is 1. The topological polar surface area (TPSA) is 125 Å². The van der Waals surface area contributed by atoms with Gasteiger partial charge in [-0.2, -0.15) is 4.90 Å². The second kappa shape index (κ2) is 8.08. The van der Waals surface area contributed by atoms with Crippen molar-refractivity contribution in [3.05, 3.63) is 39.9 Å². The summed E-state index contributed by atoms with van der Waals surface area (Å²) < 4.78 is 14.3. The van der Waals surface area contributed by atoms with Gasteiger partial charge in [-0.25, -0.2) is 14.4 Å².